The van der Waals surface area contributed by atoms with Crippen LogP contribution in [0.25, 0.3) is 0 Å². The minimum atomic E-state index is -1.00. The zero-order valence-electron chi connectivity index (χ0n) is 37.0. The van der Waals surface area contributed by atoms with Gasteiger partial charge in [-0.3, -0.25) is 9.59 Å². The van der Waals surface area contributed by atoms with Crippen LogP contribution in [0, 0.1) is 0 Å². The summed E-state index contributed by atoms with van der Waals surface area (Å²) in [4.78, 5) is 36.5. The maximum atomic E-state index is 12.8. The van der Waals surface area contributed by atoms with Crippen molar-refractivity contribution in [3.63, 3.8) is 0 Å². The van der Waals surface area contributed by atoms with E-state index in [1.807, 2.05) is 0 Å². The maximum Gasteiger partial charge on any atom is 0.326 e. The van der Waals surface area contributed by atoms with E-state index in [2.05, 4.69) is 43.5 Å². The molecule has 0 saturated heterocycles. The van der Waals surface area contributed by atoms with Crippen molar-refractivity contribution in [2.45, 2.75) is 264 Å². The summed E-state index contributed by atoms with van der Waals surface area (Å²) in [6, 6.07) is -0.855. The first-order chi connectivity index (χ1) is 27.4. The Morgan fingerprint density at radius 3 is 1.41 bits per heavy atom. The van der Waals surface area contributed by atoms with Crippen LogP contribution in [0.3, 0.4) is 0 Å². The van der Waals surface area contributed by atoms with E-state index in [9.17, 15) is 19.5 Å². The van der Waals surface area contributed by atoms with Gasteiger partial charge in [0.25, 0.3) is 0 Å². The van der Waals surface area contributed by atoms with Crippen molar-refractivity contribution in [1.82, 2.24) is 5.32 Å². The third kappa shape index (κ3) is 40.1. The molecule has 0 aliphatic heterocycles. The van der Waals surface area contributed by atoms with Gasteiger partial charge >= 0.3 is 11.9 Å². The smallest absolute Gasteiger partial charge is 0.326 e. The van der Waals surface area contributed by atoms with Gasteiger partial charge in [0.15, 0.2) is 0 Å². The van der Waals surface area contributed by atoms with Crippen molar-refractivity contribution in [3.8, 4) is 0 Å². The normalized spacial score (nSPS) is 12.8. The molecular formula is C49H92N2O5. The Balaban J connectivity index is 4.22. The van der Waals surface area contributed by atoms with Crippen LogP contribution in [-0.2, 0) is 19.1 Å². The Morgan fingerprint density at radius 1 is 0.518 bits per heavy atom. The second-order valence-corrected chi connectivity index (χ2v) is 16.5. The zero-order valence-corrected chi connectivity index (χ0v) is 37.0. The number of hydrogen-bond acceptors (Lipinski definition) is 5. The number of ether oxygens (including phenoxy) is 1. The molecule has 0 heterocycles. The van der Waals surface area contributed by atoms with Crippen molar-refractivity contribution >= 4 is 17.8 Å². The van der Waals surface area contributed by atoms with Gasteiger partial charge in [-0.15, -0.1) is 0 Å². The number of allylic oxidation sites excluding steroid dienone is 4. The van der Waals surface area contributed by atoms with Crippen LogP contribution in [0.1, 0.15) is 251 Å². The van der Waals surface area contributed by atoms with Gasteiger partial charge in [-0.25, -0.2) is 4.79 Å². The third-order valence-corrected chi connectivity index (χ3v) is 11.0. The van der Waals surface area contributed by atoms with Gasteiger partial charge in [0.1, 0.15) is 12.1 Å². The molecule has 0 saturated carbocycles. The van der Waals surface area contributed by atoms with Crippen molar-refractivity contribution < 1.29 is 24.2 Å². The number of carbonyl (C=O) groups is 3. The summed E-state index contributed by atoms with van der Waals surface area (Å²) in [5.41, 5.74) is 5.49. The number of carboxylic acid groups (broad SMARTS) is 1. The van der Waals surface area contributed by atoms with E-state index >= 15 is 0 Å². The summed E-state index contributed by atoms with van der Waals surface area (Å²) >= 11 is 0. The molecule has 2 atom stereocenters. The number of nitrogens with two attached hydrogens (primary N) is 1. The molecule has 0 fully saturated rings. The average molecular weight is 789 g/mol. The van der Waals surface area contributed by atoms with Crippen LogP contribution in [0.15, 0.2) is 24.3 Å². The van der Waals surface area contributed by atoms with Crippen LogP contribution < -0.4 is 11.1 Å². The molecule has 0 bridgehead atoms. The first-order valence-electron chi connectivity index (χ1n) is 24.2. The summed E-state index contributed by atoms with van der Waals surface area (Å²) in [6.07, 6.45) is 50.8. The molecule has 4 N–H and O–H groups in total. The first kappa shape index (κ1) is 53.9. The topological polar surface area (TPSA) is 119 Å². The Hall–Kier alpha value is -2.15. The molecule has 1 amide bonds. The van der Waals surface area contributed by atoms with Gasteiger partial charge in [0, 0.05) is 12.8 Å². The van der Waals surface area contributed by atoms with Crippen molar-refractivity contribution in [2.75, 3.05) is 6.54 Å². The van der Waals surface area contributed by atoms with E-state index in [4.69, 9.17) is 10.5 Å². The fourth-order valence-electron chi connectivity index (χ4n) is 7.36. The van der Waals surface area contributed by atoms with E-state index in [1.165, 1.54) is 141 Å². The fourth-order valence-corrected chi connectivity index (χ4v) is 7.36. The maximum absolute atomic E-state index is 12.8. The highest BCUT2D eigenvalue weighted by atomic mass is 16.5. The van der Waals surface area contributed by atoms with E-state index in [-0.39, 0.29) is 18.0 Å². The number of amides is 1. The van der Waals surface area contributed by atoms with Crippen LogP contribution in [0.4, 0.5) is 0 Å². The van der Waals surface area contributed by atoms with Crippen LogP contribution in [-0.4, -0.2) is 41.6 Å². The lowest BCUT2D eigenvalue weighted by molar-refractivity contribution is -0.150. The van der Waals surface area contributed by atoms with Gasteiger partial charge in [0.05, 0.1) is 0 Å². The largest absolute Gasteiger partial charge is 0.480 e. The molecule has 7 nitrogen and oxygen atoms in total. The SMILES string of the molecule is CCCCC/C=C\C/C=C\CCCCCCCCCCCC(=O)OC(CCCCCCCCCCCCC)CCCCCCCC(=O)NC(CCCN)C(=O)O. The van der Waals surface area contributed by atoms with Gasteiger partial charge in [-0.1, -0.05) is 179 Å². The molecule has 0 spiro atoms. The monoisotopic (exact) mass is 789 g/mol. The second-order valence-electron chi connectivity index (χ2n) is 16.5. The van der Waals surface area contributed by atoms with Crippen LogP contribution in [0.2, 0.25) is 0 Å². The van der Waals surface area contributed by atoms with E-state index in [1.54, 1.807) is 0 Å². The molecule has 2 unspecified atom stereocenters. The van der Waals surface area contributed by atoms with E-state index < -0.39 is 12.0 Å². The molecule has 0 rings (SSSR count). The second kappa shape index (κ2) is 44.0. The highest BCUT2D eigenvalue weighted by Crippen LogP contribution is 2.19. The molecule has 7 heteroatoms. The first-order valence-corrected chi connectivity index (χ1v) is 24.2. The summed E-state index contributed by atoms with van der Waals surface area (Å²) in [5.74, 6) is -1.22. The Morgan fingerprint density at radius 2 is 0.929 bits per heavy atom. The van der Waals surface area contributed by atoms with Crippen molar-refractivity contribution in [3.05, 3.63) is 24.3 Å². The molecule has 0 aromatic rings. The Labute approximate surface area is 346 Å². The standard InChI is InChI=1S/C49H92N2O5/c1-3-5-7-9-11-13-15-16-17-18-19-20-21-22-24-26-28-33-37-43-48(53)56-45(39-34-30-27-25-23-14-12-10-8-6-4-2)40-35-31-29-32-36-42-47(52)51-46(49(54)55)41-38-44-50/h11,13,16-17,45-46H,3-10,12,14-15,18-44,50H2,1-2H3,(H,51,52)(H,54,55)/b13-11-,17-16-. The molecule has 0 aromatic carbocycles. The fraction of sp³-hybridized carbons (Fsp3) is 0.857. The number of carboxylic acids is 1. The molecule has 56 heavy (non-hydrogen) atoms. The van der Waals surface area contributed by atoms with Crippen LogP contribution >= 0.6 is 0 Å². The Bertz CT molecular complexity index is 935. The summed E-state index contributed by atoms with van der Waals surface area (Å²) < 4.78 is 6.07. The lowest BCUT2D eigenvalue weighted by Gasteiger charge is -2.18. The predicted octanol–water partition coefficient (Wildman–Crippen LogP) is 14.0. The molecule has 0 radical (unpaired) electrons. The summed E-state index contributed by atoms with van der Waals surface area (Å²) in [6.45, 7) is 4.94. The summed E-state index contributed by atoms with van der Waals surface area (Å²) in [5, 5.41) is 12.0. The molecule has 0 aromatic heterocycles. The van der Waals surface area contributed by atoms with Crippen molar-refractivity contribution in [2.24, 2.45) is 5.73 Å². The van der Waals surface area contributed by atoms with Crippen molar-refractivity contribution in [1.29, 1.82) is 0 Å². The lowest BCUT2D eigenvalue weighted by Crippen LogP contribution is -2.40. The highest BCUT2D eigenvalue weighted by molar-refractivity contribution is 5.83. The Kier molecular flexibility index (Phi) is 42.3. The van der Waals surface area contributed by atoms with Gasteiger partial charge < -0.3 is 20.9 Å². The molecule has 0 aliphatic rings. The number of nitrogens with one attached hydrogen (secondary N) is 1. The number of aliphatic carboxylic acids is 1. The molecule has 328 valence electrons. The minimum absolute atomic E-state index is 0.0148. The zero-order chi connectivity index (χ0) is 41.0. The minimum Gasteiger partial charge on any atom is -0.480 e. The average Bonchev–Trinajstić information content (AvgIpc) is 3.18. The lowest BCUT2D eigenvalue weighted by atomic mass is 10.0. The van der Waals surface area contributed by atoms with E-state index in [0.29, 0.717) is 32.2 Å². The predicted molar refractivity (Wildman–Crippen MR) is 239 cm³/mol. The molecular weight excluding hydrogens is 697 g/mol. The van der Waals surface area contributed by atoms with Gasteiger partial charge in [-0.05, 0) is 90.0 Å². The molecule has 0 aliphatic carbocycles. The van der Waals surface area contributed by atoms with Gasteiger partial charge in [0.2, 0.25) is 5.91 Å². The van der Waals surface area contributed by atoms with Crippen LogP contribution in [0.5, 0.6) is 0 Å². The number of carbonyl (C=O) groups excluding carboxylic acids is 2. The number of rotatable bonds is 44. The summed E-state index contributed by atoms with van der Waals surface area (Å²) in [7, 11) is 0. The quantitative estimate of drug-likeness (QED) is 0.0321. The van der Waals surface area contributed by atoms with Gasteiger partial charge in [-0.2, -0.15) is 0 Å². The number of hydrogen-bond donors (Lipinski definition) is 3. The highest BCUT2D eigenvalue weighted by Gasteiger charge is 2.19. The third-order valence-electron chi connectivity index (χ3n) is 11.0. The number of esters is 1. The van der Waals surface area contributed by atoms with E-state index in [0.717, 1.165) is 70.6 Å². The number of unbranched alkanes of at least 4 members (excludes halogenated alkanes) is 26.